The summed E-state index contributed by atoms with van der Waals surface area (Å²) in [5.74, 6) is -0.524. The van der Waals surface area contributed by atoms with E-state index in [4.69, 9.17) is 15.2 Å². The van der Waals surface area contributed by atoms with Crippen molar-refractivity contribution < 1.29 is 18.7 Å². The zero-order valence-electron chi connectivity index (χ0n) is 13.7. The largest absolute Gasteiger partial charge is 0.382 e. The molecule has 3 rings (SSSR count). The van der Waals surface area contributed by atoms with Gasteiger partial charge in [0.2, 0.25) is 0 Å². The predicted octanol–water partition coefficient (Wildman–Crippen LogP) is 1.60. The number of H-pyrrole nitrogens is 1. The fraction of sp³-hybridized carbons (Fsp3) is 0.312. The third kappa shape index (κ3) is 4.59. The average molecular weight is 380 g/mol. The zero-order chi connectivity index (χ0) is 18.5. The predicted molar refractivity (Wildman–Crippen MR) is 94.7 cm³/mol. The summed E-state index contributed by atoms with van der Waals surface area (Å²) in [6, 6.07) is 4.91. The molecule has 0 spiro atoms. The van der Waals surface area contributed by atoms with Crippen molar-refractivity contribution in [3.05, 3.63) is 46.0 Å². The molecule has 0 radical (unpaired) electrons. The highest BCUT2D eigenvalue weighted by molar-refractivity contribution is 7.99. The van der Waals surface area contributed by atoms with Crippen molar-refractivity contribution in [2.75, 3.05) is 30.0 Å². The lowest BCUT2D eigenvalue weighted by Gasteiger charge is -2.10. The van der Waals surface area contributed by atoms with Crippen molar-refractivity contribution in [1.29, 1.82) is 0 Å². The van der Waals surface area contributed by atoms with Crippen LogP contribution in [0.15, 0.2) is 34.2 Å². The molecule has 1 saturated heterocycles. The van der Waals surface area contributed by atoms with Crippen LogP contribution in [0.25, 0.3) is 0 Å². The summed E-state index contributed by atoms with van der Waals surface area (Å²) in [6.45, 7) is 1.17. The number of hydrogen-bond acceptors (Lipinski definition) is 7. The van der Waals surface area contributed by atoms with E-state index < -0.39 is 17.3 Å². The van der Waals surface area contributed by atoms with Gasteiger partial charge in [0.05, 0.1) is 13.2 Å². The number of thioether (sulfide) groups is 1. The highest BCUT2D eigenvalue weighted by atomic mass is 32.2. The van der Waals surface area contributed by atoms with Crippen molar-refractivity contribution in [2.24, 2.45) is 0 Å². The fourth-order valence-electron chi connectivity index (χ4n) is 2.27. The van der Waals surface area contributed by atoms with Crippen LogP contribution in [0.3, 0.4) is 0 Å². The molecular weight excluding hydrogens is 363 g/mol. The van der Waals surface area contributed by atoms with E-state index in [0.717, 1.165) is 12.1 Å². The van der Waals surface area contributed by atoms with Crippen molar-refractivity contribution >= 4 is 29.2 Å². The first-order valence-electron chi connectivity index (χ1n) is 7.85. The van der Waals surface area contributed by atoms with Gasteiger partial charge in [-0.3, -0.25) is 14.6 Å². The van der Waals surface area contributed by atoms with Gasteiger partial charge in [0.25, 0.3) is 11.5 Å². The molecule has 4 N–H and O–H groups in total. The third-order valence-electron chi connectivity index (χ3n) is 3.55. The van der Waals surface area contributed by atoms with Crippen LogP contribution in [-0.4, -0.2) is 41.1 Å². The van der Waals surface area contributed by atoms with Gasteiger partial charge in [-0.15, -0.1) is 0 Å². The summed E-state index contributed by atoms with van der Waals surface area (Å²) in [5, 5.41) is 2.74. The number of rotatable bonds is 6. The number of carbonyl (C=O) groups is 1. The van der Waals surface area contributed by atoms with E-state index >= 15 is 0 Å². The van der Waals surface area contributed by atoms with Crippen LogP contribution in [-0.2, 0) is 9.47 Å². The van der Waals surface area contributed by atoms with E-state index in [-0.39, 0.29) is 23.4 Å². The molecule has 0 atom stereocenters. The van der Waals surface area contributed by atoms with Gasteiger partial charge in [-0.25, -0.2) is 9.37 Å². The van der Waals surface area contributed by atoms with Gasteiger partial charge in [-0.2, -0.15) is 0 Å². The van der Waals surface area contributed by atoms with E-state index in [2.05, 4.69) is 15.3 Å². The molecule has 0 saturated carbocycles. The number of benzene rings is 1. The Morgan fingerprint density at radius 2 is 2.04 bits per heavy atom. The number of aromatic amines is 1. The highest BCUT2D eigenvalue weighted by Gasteiger charge is 2.17. The minimum Gasteiger partial charge on any atom is -0.382 e. The van der Waals surface area contributed by atoms with Crippen LogP contribution < -0.4 is 16.6 Å². The number of nitrogens with zero attached hydrogens (tertiary/aromatic N) is 1. The zero-order valence-corrected chi connectivity index (χ0v) is 14.5. The van der Waals surface area contributed by atoms with E-state index in [0.29, 0.717) is 30.5 Å². The minimum atomic E-state index is -0.583. The SMILES string of the molecule is Nc1nc(SCCC2OCCO2)[nH]c(=O)c1NC(=O)c1ccc(F)cc1. The Hall–Kier alpha value is -2.43. The topological polar surface area (TPSA) is 119 Å². The maximum Gasteiger partial charge on any atom is 0.277 e. The Kier molecular flexibility index (Phi) is 5.86. The van der Waals surface area contributed by atoms with Gasteiger partial charge < -0.3 is 20.5 Å². The number of hydrogen-bond donors (Lipinski definition) is 3. The molecule has 0 unspecified atom stereocenters. The summed E-state index contributed by atoms with van der Waals surface area (Å²) in [7, 11) is 0. The van der Waals surface area contributed by atoms with E-state index in [1.165, 1.54) is 23.9 Å². The number of ether oxygens (including phenoxy) is 2. The molecule has 8 nitrogen and oxygen atoms in total. The number of aromatic nitrogens is 2. The molecule has 10 heteroatoms. The Balaban J connectivity index is 1.63. The van der Waals surface area contributed by atoms with Crippen LogP contribution in [0.5, 0.6) is 0 Å². The molecule has 0 bridgehead atoms. The van der Waals surface area contributed by atoms with Gasteiger partial charge >= 0.3 is 0 Å². The molecule has 1 aromatic heterocycles. The molecule has 1 aliphatic heterocycles. The molecule has 1 fully saturated rings. The maximum atomic E-state index is 12.9. The molecule has 1 aromatic carbocycles. The monoisotopic (exact) mass is 380 g/mol. The van der Waals surface area contributed by atoms with E-state index in [1.807, 2.05) is 0 Å². The first-order valence-corrected chi connectivity index (χ1v) is 8.84. The van der Waals surface area contributed by atoms with Crippen molar-refractivity contribution in [1.82, 2.24) is 9.97 Å². The second kappa shape index (κ2) is 8.30. The van der Waals surface area contributed by atoms with Gasteiger partial charge in [0, 0.05) is 17.7 Å². The van der Waals surface area contributed by atoms with Gasteiger partial charge in [-0.05, 0) is 24.3 Å². The standard InChI is InChI=1S/C16H17FN4O4S/c17-10-3-1-9(2-4-10)14(22)19-12-13(18)20-16(21-15(12)23)26-8-5-11-24-6-7-25-11/h1-4,11H,5-8H2,(H,19,22)(H3,18,20,21,23). The summed E-state index contributed by atoms with van der Waals surface area (Å²) in [4.78, 5) is 31.0. The first-order chi connectivity index (χ1) is 12.5. The molecule has 26 heavy (non-hydrogen) atoms. The number of amides is 1. The highest BCUT2D eigenvalue weighted by Crippen LogP contribution is 2.20. The lowest BCUT2D eigenvalue weighted by molar-refractivity contribution is -0.0421. The smallest absolute Gasteiger partial charge is 0.277 e. The van der Waals surface area contributed by atoms with Crippen LogP contribution in [0.2, 0.25) is 0 Å². The average Bonchev–Trinajstić information content (AvgIpc) is 3.12. The summed E-state index contributed by atoms with van der Waals surface area (Å²) in [5.41, 5.74) is 5.28. The molecule has 2 aromatic rings. The Labute approximate surface area is 152 Å². The summed E-state index contributed by atoms with van der Waals surface area (Å²) >= 11 is 1.30. The van der Waals surface area contributed by atoms with Crippen molar-refractivity contribution in [3.8, 4) is 0 Å². The van der Waals surface area contributed by atoms with Crippen LogP contribution >= 0.6 is 11.8 Å². The second-order valence-electron chi connectivity index (χ2n) is 5.40. The third-order valence-corrected chi connectivity index (χ3v) is 4.46. The minimum absolute atomic E-state index is 0.0971. The fourth-order valence-corrected chi connectivity index (χ4v) is 3.10. The van der Waals surface area contributed by atoms with Crippen LogP contribution in [0.1, 0.15) is 16.8 Å². The molecule has 0 aliphatic carbocycles. The molecule has 138 valence electrons. The quantitative estimate of drug-likeness (QED) is 0.514. The van der Waals surface area contributed by atoms with Gasteiger partial charge in [-0.1, -0.05) is 11.8 Å². The van der Waals surface area contributed by atoms with Crippen LogP contribution in [0.4, 0.5) is 15.9 Å². The molecular formula is C16H17FN4O4S. The lowest BCUT2D eigenvalue weighted by Crippen LogP contribution is -2.23. The van der Waals surface area contributed by atoms with Gasteiger partial charge in [0.15, 0.2) is 17.3 Å². The number of nitrogens with two attached hydrogens (primary N) is 1. The first kappa shape index (κ1) is 18.4. The Bertz CT molecular complexity index is 837. The number of halogens is 1. The van der Waals surface area contributed by atoms with E-state index in [9.17, 15) is 14.0 Å². The van der Waals surface area contributed by atoms with Gasteiger partial charge in [0.1, 0.15) is 11.5 Å². The normalized spacial score (nSPS) is 14.5. The number of carbonyl (C=O) groups excluding carboxylic acids is 1. The number of nitrogen functional groups attached to an aromatic ring is 1. The maximum absolute atomic E-state index is 12.9. The summed E-state index contributed by atoms with van der Waals surface area (Å²) < 4.78 is 23.6. The van der Waals surface area contributed by atoms with Crippen LogP contribution in [0, 0.1) is 5.82 Å². The second-order valence-corrected chi connectivity index (χ2v) is 6.48. The molecule has 2 heterocycles. The Morgan fingerprint density at radius 3 is 2.69 bits per heavy atom. The number of nitrogens with one attached hydrogen (secondary N) is 2. The van der Waals surface area contributed by atoms with E-state index in [1.54, 1.807) is 0 Å². The lowest BCUT2D eigenvalue weighted by atomic mass is 10.2. The van der Waals surface area contributed by atoms with Crippen molar-refractivity contribution in [3.63, 3.8) is 0 Å². The molecule has 1 aliphatic rings. The van der Waals surface area contributed by atoms with Crippen molar-refractivity contribution in [2.45, 2.75) is 17.9 Å². The molecule has 1 amide bonds. The number of anilines is 2. The summed E-state index contributed by atoms with van der Waals surface area (Å²) in [6.07, 6.45) is 0.415. The Morgan fingerprint density at radius 1 is 1.35 bits per heavy atom.